The van der Waals surface area contributed by atoms with E-state index < -0.39 is 12.1 Å². The van der Waals surface area contributed by atoms with Crippen molar-refractivity contribution in [3.8, 4) is 10.4 Å². The third-order valence-electron chi connectivity index (χ3n) is 2.77. The minimum atomic E-state index is -4.31. The van der Waals surface area contributed by atoms with Crippen LogP contribution in [0.3, 0.4) is 0 Å². The van der Waals surface area contributed by atoms with E-state index in [1.54, 1.807) is 13.0 Å². The zero-order chi connectivity index (χ0) is 14.2. The number of pyridine rings is 1. The lowest BCUT2D eigenvalue weighted by Gasteiger charge is -2.15. The SMILES string of the molecule is Cc1nc([NH-])sc1-c1ccnc(C(C)C(F)(F)F)c1. The normalized spacial score (nSPS) is 13.5. The summed E-state index contributed by atoms with van der Waals surface area (Å²) in [4.78, 5) is 8.45. The Labute approximate surface area is 112 Å². The third kappa shape index (κ3) is 2.86. The quantitative estimate of drug-likeness (QED) is 0.791. The maximum Gasteiger partial charge on any atom is 0.396 e. The third-order valence-corrected chi connectivity index (χ3v) is 3.79. The molecule has 3 nitrogen and oxygen atoms in total. The molecule has 1 unspecified atom stereocenters. The Balaban J connectivity index is 2.43. The first-order valence-electron chi connectivity index (χ1n) is 5.51. The van der Waals surface area contributed by atoms with E-state index in [-0.39, 0.29) is 10.8 Å². The number of aryl methyl sites for hydroxylation is 1. The van der Waals surface area contributed by atoms with Crippen LogP contribution in [0.15, 0.2) is 18.3 Å². The lowest BCUT2D eigenvalue weighted by Crippen LogP contribution is -2.18. The van der Waals surface area contributed by atoms with Gasteiger partial charge in [-0.1, -0.05) is 0 Å². The minimum Gasteiger partial charge on any atom is -0.473 e. The monoisotopic (exact) mass is 286 g/mol. The first-order chi connectivity index (χ1) is 8.79. The molecule has 0 amide bonds. The Kier molecular flexibility index (Phi) is 3.49. The number of nitrogens with one attached hydrogen (secondary N) is 1. The first-order valence-corrected chi connectivity index (χ1v) is 6.32. The maximum atomic E-state index is 12.7. The van der Waals surface area contributed by atoms with E-state index in [0.717, 1.165) is 18.3 Å². The van der Waals surface area contributed by atoms with Gasteiger partial charge in [0.1, 0.15) is 0 Å². The Morgan fingerprint density at radius 3 is 2.58 bits per heavy atom. The number of hydrogen-bond acceptors (Lipinski definition) is 3. The molecule has 2 rings (SSSR count). The molecule has 0 aliphatic carbocycles. The summed E-state index contributed by atoms with van der Waals surface area (Å²) in [6.45, 7) is 2.82. The Hall–Kier alpha value is -1.63. The summed E-state index contributed by atoms with van der Waals surface area (Å²) in [5.74, 6) is -1.61. The second-order valence-electron chi connectivity index (χ2n) is 4.17. The zero-order valence-corrected chi connectivity index (χ0v) is 11.1. The molecule has 0 fully saturated rings. The smallest absolute Gasteiger partial charge is 0.396 e. The molecular formula is C12H11F3N3S-. The van der Waals surface area contributed by atoms with Gasteiger partial charge in [-0.25, -0.2) is 0 Å². The van der Waals surface area contributed by atoms with Gasteiger partial charge in [0.15, 0.2) is 0 Å². The fourth-order valence-corrected chi connectivity index (χ4v) is 2.47. The van der Waals surface area contributed by atoms with Crippen molar-refractivity contribution >= 4 is 16.5 Å². The average molecular weight is 286 g/mol. The van der Waals surface area contributed by atoms with Crippen LogP contribution in [0.5, 0.6) is 0 Å². The molecule has 7 heteroatoms. The van der Waals surface area contributed by atoms with Crippen LogP contribution in [0.2, 0.25) is 0 Å². The van der Waals surface area contributed by atoms with Crippen LogP contribution in [0.1, 0.15) is 24.2 Å². The van der Waals surface area contributed by atoms with Gasteiger partial charge in [0.25, 0.3) is 0 Å². The highest BCUT2D eigenvalue weighted by Gasteiger charge is 2.38. The van der Waals surface area contributed by atoms with Crippen molar-refractivity contribution in [3.63, 3.8) is 0 Å². The molecule has 2 heterocycles. The average Bonchev–Trinajstić information content (AvgIpc) is 2.66. The van der Waals surface area contributed by atoms with E-state index in [4.69, 9.17) is 5.73 Å². The lowest BCUT2D eigenvalue weighted by molar-refractivity contribution is -0.147. The van der Waals surface area contributed by atoms with Crippen LogP contribution in [-0.4, -0.2) is 16.1 Å². The van der Waals surface area contributed by atoms with Gasteiger partial charge in [-0.15, -0.1) is 11.3 Å². The molecule has 0 saturated carbocycles. The van der Waals surface area contributed by atoms with Crippen LogP contribution in [0, 0.1) is 6.92 Å². The van der Waals surface area contributed by atoms with Gasteiger partial charge in [-0.05, 0) is 42.4 Å². The number of rotatable bonds is 2. The number of alkyl halides is 3. The van der Waals surface area contributed by atoms with Gasteiger partial charge < -0.3 is 10.7 Å². The summed E-state index contributed by atoms with van der Waals surface area (Å²) in [5, 5.41) is 0.148. The van der Waals surface area contributed by atoms with Crippen LogP contribution < -0.4 is 0 Å². The maximum absolute atomic E-state index is 12.7. The van der Waals surface area contributed by atoms with E-state index in [2.05, 4.69) is 9.97 Å². The van der Waals surface area contributed by atoms with Crippen molar-refractivity contribution in [3.05, 3.63) is 35.5 Å². The molecule has 2 aromatic heterocycles. The highest BCUT2D eigenvalue weighted by atomic mass is 32.1. The summed E-state index contributed by atoms with van der Waals surface area (Å²) < 4.78 is 38.0. The van der Waals surface area contributed by atoms with Crippen molar-refractivity contribution in [2.24, 2.45) is 0 Å². The van der Waals surface area contributed by atoms with Gasteiger partial charge in [0.2, 0.25) is 0 Å². The fraction of sp³-hybridized carbons (Fsp3) is 0.333. The summed E-state index contributed by atoms with van der Waals surface area (Å²) >= 11 is 1.14. The summed E-state index contributed by atoms with van der Waals surface area (Å²) in [6.07, 6.45) is -2.95. The number of hydrogen-bond donors (Lipinski definition) is 0. The van der Waals surface area contributed by atoms with Crippen molar-refractivity contribution in [2.75, 3.05) is 0 Å². The Morgan fingerprint density at radius 1 is 1.37 bits per heavy atom. The second-order valence-corrected chi connectivity index (χ2v) is 5.17. The number of nitrogens with zero attached hydrogens (tertiary/aromatic N) is 2. The Bertz CT molecular complexity index is 592. The van der Waals surface area contributed by atoms with Gasteiger partial charge in [-0.3, -0.25) is 4.98 Å². The second kappa shape index (κ2) is 4.80. The van der Waals surface area contributed by atoms with Crippen LogP contribution >= 0.6 is 11.3 Å². The van der Waals surface area contributed by atoms with Gasteiger partial charge in [0.05, 0.1) is 11.6 Å². The topological polar surface area (TPSA) is 49.6 Å². The van der Waals surface area contributed by atoms with E-state index in [1.807, 2.05) is 0 Å². The molecule has 2 aromatic rings. The number of thiazole rings is 1. The Morgan fingerprint density at radius 2 is 2.05 bits per heavy atom. The van der Waals surface area contributed by atoms with Gasteiger partial charge in [0, 0.05) is 11.1 Å². The van der Waals surface area contributed by atoms with E-state index in [0.29, 0.717) is 16.1 Å². The van der Waals surface area contributed by atoms with Crippen molar-refractivity contribution in [2.45, 2.75) is 25.9 Å². The van der Waals surface area contributed by atoms with Gasteiger partial charge in [-0.2, -0.15) is 13.2 Å². The van der Waals surface area contributed by atoms with Crippen molar-refractivity contribution in [1.82, 2.24) is 9.97 Å². The number of halogens is 3. The molecule has 0 bridgehead atoms. The molecule has 0 aliphatic heterocycles. The molecule has 0 radical (unpaired) electrons. The molecule has 19 heavy (non-hydrogen) atoms. The standard InChI is InChI=1S/C12H11F3N3S/c1-6(12(13,14)15)9-5-8(3-4-17-9)10-7(2)18-11(16)19-10/h3-6H,1-2H3,(H-,16,18)/q-1. The summed E-state index contributed by atoms with van der Waals surface area (Å²) in [5.41, 5.74) is 8.70. The summed E-state index contributed by atoms with van der Waals surface area (Å²) in [6, 6.07) is 3.05. The first kappa shape index (κ1) is 13.8. The van der Waals surface area contributed by atoms with Crippen molar-refractivity contribution in [1.29, 1.82) is 0 Å². The van der Waals surface area contributed by atoms with Crippen LogP contribution in [0.25, 0.3) is 16.2 Å². The van der Waals surface area contributed by atoms with E-state index >= 15 is 0 Å². The minimum absolute atomic E-state index is 0.0238. The molecule has 0 spiro atoms. The number of aromatic nitrogens is 2. The molecule has 0 aliphatic rings. The lowest BCUT2D eigenvalue weighted by atomic mass is 10.0. The summed E-state index contributed by atoms with van der Waals surface area (Å²) in [7, 11) is 0. The van der Waals surface area contributed by atoms with E-state index in [9.17, 15) is 13.2 Å². The fourth-order valence-electron chi connectivity index (χ4n) is 1.66. The predicted octanol–water partition coefficient (Wildman–Crippen LogP) is 4.86. The predicted molar refractivity (Wildman–Crippen MR) is 68.5 cm³/mol. The molecule has 1 atom stereocenters. The highest BCUT2D eigenvalue weighted by molar-refractivity contribution is 7.19. The molecular weight excluding hydrogens is 275 g/mol. The van der Waals surface area contributed by atoms with Gasteiger partial charge >= 0.3 is 6.18 Å². The van der Waals surface area contributed by atoms with E-state index in [1.165, 1.54) is 12.3 Å². The molecule has 0 saturated heterocycles. The molecule has 0 aromatic carbocycles. The highest BCUT2D eigenvalue weighted by Crippen LogP contribution is 2.37. The largest absolute Gasteiger partial charge is 0.473 e. The van der Waals surface area contributed by atoms with Crippen LogP contribution in [0.4, 0.5) is 18.3 Å². The molecule has 1 N–H and O–H groups in total. The zero-order valence-electron chi connectivity index (χ0n) is 10.2. The molecule has 102 valence electrons. The van der Waals surface area contributed by atoms with Crippen molar-refractivity contribution < 1.29 is 13.2 Å². The van der Waals surface area contributed by atoms with Crippen LogP contribution in [-0.2, 0) is 0 Å².